The van der Waals surface area contributed by atoms with E-state index >= 15 is 0 Å². The summed E-state index contributed by atoms with van der Waals surface area (Å²) < 4.78 is 4.63. The molecule has 278 valence electrons. The highest BCUT2D eigenvalue weighted by Gasteiger charge is 2.33. The molecular weight excluding hydrogens is 662 g/mol. The molecule has 20 heteroatoms. The average molecular weight is 710 g/mol. The number of carbonyl (C=O) groups is 6. The maximum absolute atomic E-state index is 13.3. The van der Waals surface area contributed by atoms with Crippen LogP contribution in [0, 0.1) is 16.0 Å². The number of alkyl carbamates (subject to hydrolysis) is 1. The fourth-order valence-electron chi connectivity index (χ4n) is 4.29. The number of hydrogen-bond donors (Lipinski definition) is 9. The van der Waals surface area contributed by atoms with Gasteiger partial charge in [0.05, 0.1) is 17.6 Å². The van der Waals surface area contributed by atoms with Crippen molar-refractivity contribution in [2.75, 3.05) is 18.5 Å². The molecule has 0 fully saturated rings. The molecule has 1 rings (SSSR count). The minimum Gasteiger partial charge on any atom is -0.394 e. The number of amides is 5. The first-order valence-electron chi connectivity index (χ1n) is 15.8. The van der Waals surface area contributed by atoms with Crippen LogP contribution in [-0.2, 0) is 28.7 Å². The lowest BCUT2D eigenvalue weighted by Crippen LogP contribution is -2.61. The SMILES string of the molecule is CCCC(=O)OC(=O)N[C@@H](CC(C)C)C(=O)N[C@@H](CO)C(=O)N[C@H](C(=O)N[C@@H](CCCN=C(N)N)C(=O)Nc1ccc([N+](=O)[O-])cc1)[C@@H](C)O. The number of rotatable bonds is 20. The van der Waals surface area contributed by atoms with Crippen LogP contribution in [0.1, 0.15) is 59.8 Å². The Labute approximate surface area is 288 Å². The van der Waals surface area contributed by atoms with Crippen molar-refractivity contribution in [3.8, 4) is 0 Å². The van der Waals surface area contributed by atoms with E-state index in [4.69, 9.17) is 11.5 Å². The lowest BCUT2D eigenvalue weighted by molar-refractivity contribution is -0.384. The van der Waals surface area contributed by atoms with Crippen molar-refractivity contribution in [3.63, 3.8) is 0 Å². The lowest BCUT2D eigenvalue weighted by Gasteiger charge is -2.27. The van der Waals surface area contributed by atoms with Gasteiger partial charge < -0.3 is 53.0 Å². The predicted molar refractivity (Wildman–Crippen MR) is 179 cm³/mol. The smallest absolute Gasteiger partial charge is 0.394 e. The number of guanidine groups is 1. The second-order valence-corrected chi connectivity index (χ2v) is 11.6. The van der Waals surface area contributed by atoms with Crippen molar-refractivity contribution in [2.24, 2.45) is 22.4 Å². The number of nitrogens with one attached hydrogen (secondary N) is 5. The van der Waals surface area contributed by atoms with Crippen LogP contribution < -0.4 is 38.1 Å². The molecule has 0 unspecified atom stereocenters. The lowest BCUT2D eigenvalue weighted by atomic mass is 10.0. The summed E-state index contributed by atoms with van der Waals surface area (Å²) in [5.41, 5.74) is 10.6. The maximum atomic E-state index is 13.3. The quantitative estimate of drug-likeness (QED) is 0.0148. The number of aliphatic hydroxyl groups is 2. The zero-order valence-corrected chi connectivity index (χ0v) is 28.3. The number of aliphatic imine (C=N–C) groups is 1. The number of ether oxygens (including phenoxy) is 1. The molecule has 0 bridgehead atoms. The standard InChI is InChI=1S/C30H47N9O11/c1-5-7-23(42)50-30(47)37-21(14-16(2)3)26(44)36-22(15-40)27(45)38-24(17(4)41)28(46)35-20(8-6-13-33-29(31)32)25(43)34-18-9-11-19(12-10-18)39(48)49/h9-12,16-17,20-22,24,40-41H,5-8,13-15H2,1-4H3,(H,34,43)(H,35,46)(H,36,44)(H,37,47)(H,38,45)(H4,31,32,33)/t17-,20+,21+,22+,24+/m1/s1. The number of benzene rings is 1. The number of hydrogen-bond acceptors (Lipinski definition) is 12. The molecule has 50 heavy (non-hydrogen) atoms. The van der Waals surface area contributed by atoms with Gasteiger partial charge in [-0.1, -0.05) is 20.8 Å². The molecular formula is C30H47N9O11. The van der Waals surface area contributed by atoms with E-state index in [1.165, 1.54) is 31.2 Å². The van der Waals surface area contributed by atoms with Gasteiger partial charge in [-0.25, -0.2) is 4.79 Å². The van der Waals surface area contributed by atoms with Gasteiger partial charge in [0.1, 0.15) is 24.2 Å². The number of anilines is 1. The largest absolute Gasteiger partial charge is 0.415 e. The van der Waals surface area contributed by atoms with E-state index in [1.807, 2.05) is 0 Å². The number of aliphatic hydroxyl groups excluding tert-OH is 2. The fraction of sp³-hybridized carbons (Fsp3) is 0.567. The molecule has 1 aromatic rings. The van der Waals surface area contributed by atoms with Crippen LogP contribution in [0.2, 0.25) is 0 Å². The molecule has 0 radical (unpaired) electrons. The summed E-state index contributed by atoms with van der Waals surface area (Å²) in [4.78, 5) is 90.7. The zero-order valence-electron chi connectivity index (χ0n) is 28.3. The molecule has 1 aromatic carbocycles. The van der Waals surface area contributed by atoms with Crippen LogP contribution in [-0.4, -0.2) is 100 Å². The highest BCUT2D eigenvalue weighted by Crippen LogP contribution is 2.16. The number of non-ortho nitro benzene ring substituents is 1. The summed E-state index contributed by atoms with van der Waals surface area (Å²) in [6.45, 7) is 5.51. The molecule has 20 nitrogen and oxygen atoms in total. The monoisotopic (exact) mass is 709 g/mol. The van der Waals surface area contributed by atoms with Gasteiger partial charge in [0.25, 0.3) is 5.69 Å². The van der Waals surface area contributed by atoms with Gasteiger partial charge in [0.15, 0.2) is 5.96 Å². The van der Waals surface area contributed by atoms with Gasteiger partial charge in [-0.2, -0.15) is 0 Å². The van der Waals surface area contributed by atoms with Gasteiger partial charge in [0.2, 0.25) is 23.6 Å². The number of carbonyl (C=O) groups excluding carboxylic acids is 6. The molecule has 0 spiro atoms. The second kappa shape index (κ2) is 21.6. The van der Waals surface area contributed by atoms with Gasteiger partial charge in [-0.05, 0) is 50.7 Å². The highest BCUT2D eigenvalue weighted by molar-refractivity contribution is 5.99. The van der Waals surface area contributed by atoms with Crippen molar-refractivity contribution in [1.82, 2.24) is 21.3 Å². The van der Waals surface area contributed by atoms with Gasteiger partial charge in [-0.15, -0.1) is 0 Å². The van der Waals surface area contributed by atoms with Crippen LogP contribution in [0.5, 0.6) is 0 Å². The van der Waals surface area contributed by atoms with Crippen LogP contribution in [0.4, 0.5) is 16.2 Å². The zero-order chi connectivity index (χ0) is 38.0. The van der Waals surface area contributed by atoms with Crippen LogP contribution >= 0.6 is 0 Å². The molecule has 0 aliphatic heterocycles. The molecule has 5 atom stereocenters. The van der Waals surface area contributed by atoms with E-state index in [1.54, 1.807) is 20.8 Å². The Kier molecular flexibility index (Phi) is 18.4. The van der Waals surface area contributed by atoms with E-state index in [9.17, 15) is 49.1 Å². The minimum atomic E-state index is -1.69. The fourth-order valence-corrected chi connectivity index (χ4v) is 4.29. The number of nitrogens with zero attached hydrogens (tertiary/aromatic N) is 2. The van der Waals surface area contributed by atoms with Crippen molar-refractivity contribution in [3.05, 3.63) is 34.4 Å². The third kappa shape index (κ3) is 15.7. The van der Waals surface area contributed by atoms with Gasteiger partial charge in [0, 0.05) is 30.8 Å². The summed E-state index contributed by atoms with van der Waals surface area (Å²) in [5, 5.41) is 43.0. The maximum Gasteiger partial charge on any atom is 0.415 e. The molecule has 11 N–H and O–H groups in total. The molecule has 5 amide bonds. The average Bonchev–Trinajstić information content (AvgIpc) is 3.02. The van der Waals surface area contributed by atoms with Crippen molar-refractivity contribution < 1.29 is 48.6 Å². The molecule has 0 saturated heterocycles. The number of nitro groups is 1. The first kappa shape index (κ1) is 42.7. The van der Waals surface area contributed by atoms with E-state index in [-0.39, 0.29) is 55.5 Å². The van der Waals surface area contributed by atoms with Crippen molar-refractivity contribution >= 4 is 53.0 Å². The summed E-state index contributed by atoms with van der Waals surface area (Å²) >= 11 is 0. The predicted octanol–water partition coefficient (Wildman–Crippen LogP) is -1.12. The molecule has 0 aliphatic carbocycles. The summed E-state index contributed by atoms with van der Waals surface area (Å²) in [6, 6.07) is -0.999. The van der Waals surface area contributed by atoms with Crippen molar-refractivity contribution in [2.45, 2.75) is 90.1 Å². The van der Waals surface area contributed by atoms with E-state index in [0.717, 1.165) is 0 Å². The summed E-state index contributed by atoms with van der Waals surface area (Å²) in [5.74, 6) is -4.90. The highest BCUT2D eigenvalue weighted by atomic mass is 16.6. The Morgan fingerprint density at radius 2 is 1.50 bits per heavy atom. The van der Waals surface area contributed by atoms with E-state index in [2.05, 4.69) is 36.3 Å². The minimum absolute atomic E-state index is 0.0200. The van der Waals surface area contributed by atoms with Gasteiger partial charge in [-0.3, -0.25) is 39.1 Å². The van der Waals surface area contributed by atoms with Crippen LogP contribution in [0.15, 0.2) is 29.3 Å². The Morgan fingerprint density at radius 3 is 2.02 bits per heavy atom. The first-order valence-corrected chi connectivity index (χ1v) is 15.8. The molecule has 0 aliphatic rings. The van der Waals surface area contributed by atoms with Crippen molar-refractivity contribution in [1.29, 1.82) is 0 Å². The van der Waals surface area contributed by atoms with E-state index in [0.29, 0.717) is 6.42 Å². The number of esters is 1. The molecule has 0 saturated carbocycles. The first-order chi connectivity index (χ1) is 23.5. The van der Waals surface area contributed by atoms with Gasteiger partial charge >= 0.3 is 12.1 Å². The Hall–Kier alpha value is -5.37. The normalized spacial score (nSPS) is 13.7. The number of nitro benzene ring substituents is 1. The topological polar surface area (TPSA) is 320 Å². The summed E-state index contributed by atoms with van der Waals surface area (Å²) in [7, 11) is 0. The molecule has 0 aromatic heterocycles. The summed E-state index contributed by atoms with van der Waals surface area (Å²) in [6.07, 6.45) is -2.07. The van der Waals surface area contributed by atoms with E-state index < -0.39 is 77.5 Å². The third-order valence-electron chi connectivity index (χ3n) is 6.78. The Balaban J connectivity index is 3.09. The number of nitrogens with two attached hydrogens (primary N) is 2. The second-order valence-electron chi connectivity index (χ2n) is 11.6. The Bertz CT molecular complexity index is 1370. The Morgan fingerprint density at radius 1 is 0.900 bits per heavy atom. The third-order valence-corrected chi connectivity index (χ3v) is 6.78. The van der Waals surface area contributed by atoms with Crippen LogP contribution in [0.3, 0.4) is 0 Å². The van der Waals surface area contributed by atoms with Crippen LogP contribution in [0.25, 0.3) is 0 Å². The molecule has 0 heterocycles.